The van der Waals surface area contributed by atoms with Crippen LogP contribution >= 0.6 is 0 Å². The normalized spacial score (nSPS) is 13.7. The maximum Gasteiger partial charge on any atom is 0.337 e. The van der Waals surface area contributed by atoms with Crippen molar-refractivity contribution in [3.8, 4) is 11.5 Å². The molecular weight excluding hydrogens is 340 g/mol. The third kappa shape index (κ3) is 2.87. The van der Waals surface area contributed by atoms with Crippen molar-refractivity contribution >= 4 is 35.6 Å². The number of nitrogens with zero attached hydrogens (tertiary/aromatic N) is 4. The average molecular weight is 362 g/mol. The first kappa shape index (κ1) is 17.3. The minimum Gasteiger partial charge on any atom is -0.465 e. The molecule has 1 saturated carbocycles. The van der Waals surface area contributed by atoms with Crippen LogP contribution < -0.4 is 0 Å². The van der Waals surface area contributed by atoms with Gasteiger partial charge >= 0.3 is 5.97 Å². The quantitative estimate of drug-likeness (QED) is 0.487. The molecule has 138 valence electrons. The number of methoxy groups -OCH3 is 1. The van der Waals surface area contributed by atoms with E-state index < -0.39 is 0 Å². The lowest BCUT2D eigenvalue weighted by Crippen LogP contribution is -2.04. The zero-order valence-electron chi connectivity index (χ0n) is 15.6. The number of aryl methyl sites for hydroxylation is 1. The Morgan fingerprint density at radius 3 is 2.81 bits per heavy atom. The largest absolute Gasteiger partial charge is 0.465 e. The molecule has 4 rings (SSSR count). The molecule has 0 unspecified atom stereocenters. The lowest BCUT2D eigenvalue weighted by atomic mass is 10.2. The predicted molar refractivity (Wildman–Crippen MR) is 108 cm³/mol. The summed E-state index contributed by atoms with van der Waals surface area (Å²) < 4.78 is 9.04. The van der Waals surface area contributed by atoms with Crippen molar-refractivity contribution in [3.63, 3.8) is 0 Å². The highest BCUT2D eigenvalue weighted by Crippen LogP contribution is 2.38. The summed E-state index contributed by atoms with van der Waals surface area (Å²) >= 11 is 0. The summed E-state index contributed by atoms with van der Waals surface area (Å²) in [6, 6.07) is 7.48. The number of rotatable bonds is 6. The molecule has 3 aromatic rings. The fourth-order valence-corrected chi connectivity index (χ4v) is 3.49. The predicted octanol–water partition coefficient (Wildman–Crippen LogP) is 4.21. The molecule has 1 aliphatic carbocycles. The molecule has 6 heteroatoms. The van der Waals surface area contributed by atoms with Crippen molar-refractivity contribution in [1.82, 2.24) is 14.1 Å². The third-order valence-corrected chi connectivity index (χ3v) is 5.14. The number of hydrogen-bond acceptors (Lipinski definition) is 4. The van der Waals surface area contributed by atoms with E-state index in [-0.39, 0.29) is 5.97 Å². The van der Waals surface area contributed by atoms with Gasteiger partial charge in [0.05, 0.1) is 29.4 Å². The molecule has 0 bridgehead atoms. The summed E-state index contributed by atoms with van der Waals surface area (Å²) in [7, 11) is 3.35. The van der Waals surface area contributed by atoms with E-state index in [0.29, 0.717) is 11.5 Å². The van der Waals surface area contributed by atoms with Gasteiger partial charge in [-0.3, -0.25) is 0 Å². The highest BCUT2D eigenvalue weighted by atomic mass is 16.5. The highest BCUT2D eigenvalue weighted by Gasteiger charge is 2.26. The van der Waals surface area contributed by atoms with E-state index in [4.69, 9.17) is 9.72 Å². The van der Waals surface area contributed by atoms with Crippen LogP contribution in [-0.4, -0.2) is 33.9 Å². The number of benzene rings is 1. The molecular formula is C21H22N4O2. The minimum absolute atomic E-state index is 0.367. The fraction of sp³-hybridized carbons (Fsp3) is 0.286. The molecule has 0 spiro atoms. The molecule has 2 heterocycles. The number of carbonyl (C=O) groups excluding carboxylic acids is 1. The molecule has 1 aromatic carbocycles. The van der Waals surface area contributed by atoms with E-state index in [1.165, 1.54) is 20.0 Å². The summed E-state index contributed by atoms with van der Waals surface area (Å²) in [5, 5.41) is 0. The molecule has 0 atom stereocenters. The number of ether oxygens (including phenoxy) is 1. The van der Waals surface area contributed by atoms with Crippen molar-refractivity contribution in [2.24, 2.45) is 18.0 Å². The second-order valence-electron chi connectivity index (χ2n) is 6.91. The SMILES string of the molecule is C=Cc1cc(-c2nc3cc(C(=O)OC)ccc3n2C)n(CC2CC2)c1N=C. The first-order valence-electron chi connectivity index (χ1n) is 8.95. The van der Waals surface area contributed by atoms with Gasteiger partial charge in [-0.05, 0) is 49.7 Å². The summed E-state index contributed by atoms with van der Waals surface area (Å²) in [6.45, 7) is 8.55. The van der Waals surface area contributed by atoms with Crippen molar-refractivity contribution < 1.29 is 9.53 Å². The number of esters is 1. The van der Waals surface area contributed by atoms with Crippen LogP contribution in [0, 0.1) is 5.92 Å². The first-order chi connectivity index (χ1) is 13.1. The Bertz CT molecular complexity index is 1070. The lowest BCUT2D eigenvalue weighted by molar-refractivity contribution is 0.0601. The van der Waals surface area contributed by atoms with Crippen LogP contribution in [-0.2, 0) is 18.3 Å². The van der Waals surface area contributed by atoms with E-state index in [2.05, 4.69) is 28.9 Å². The Labute approximate surface area is 157 Å². The summed E-state index contributed by atoms with van der Waals surface area (Å²) in [5.41, 5.74) is 4.12. The molecule has 0 radical (unpaired) electrons. The van der Waals surface area contributed by atoms with Crippen LogP contribution in [0.1, 0.15) is 28.8 Å². The van der Waals surface area contributed by atoms with Gasteiger partial charge in [-0.1, -0.05) is 12.7 Å². The number of aromatic nitrogens is 3. The molecule has 6 nitrogen and oxygen atoms in total. The summed E-state index contributed by atoms with van der Waals surface area (Å²) in [6.07, 6.45) is 4.28. The maximum atomic E-state index is 11.8. The zero-order valence-corrected chi connectivity index (χ0v) is 15.6. The fourth-order valence-electron chi connectivity index (χ4n) is 3.49. The standard InChI is InChI=1S/C21H22N4O2/c1-5-14-11-18(25(19(14)22-2)12-13-6-7-13)20-23-16-10-15(21(26)27-4)8-9-17(16)24(20)3/h5,8-11,13H,1-2,6-7,12H2,3-4H3. The van der Waals surface area contributed by atoms with E-state index in [9.17, 15) is 4.79 Å². The van der Waals surface area contributed by atoms with Crippen LogP contribution in [0.15, 0.2) is 35.8 Å². The highest BCUT2D eigenvalue weighted by molar-refractivity contribution is 5.94. The van der Waals surface area contributed by atoms with Crippen LogP contribution in [0.2, 0.25) is 0 Å². The second kappa shape index (κ2) is 6.54. The van der Waals surface area contributed by atoms with Gasteiger partial charge in [0.1, 0.15) is 5.82 Å². The van der Waals surface area contributed by atoms with Crippen molar-refractivity contribution in [1.29, 1.82) is 0 Å². The smallest absolute Gasteiger partial charge is 0.337 e. The monoisotopic (exact) mass is 362 g/mol. The Hall–Kier alpha value is -3.15. The van der Waals surface area contributed by atoms with Gasteiger partial charge in [0.25, 0.3) is 0 Å². The average Bonchev–Trinajstić information content (AvgIpc) is 3.36. The third-order valence-electron chi connectivity index (χ3n) is 5.14. The number of aliphatic imine (C=N–C) groups is 1. The van der Waals surface area contributed by atoms with Crippen LogP contribution in [0.4, 0.5) is 5.82 Å². The number of hydrogen-bond donors (Lipinski definition) is 0. The Morgan fingerprint density at radius 1 is 1.41 bits per heavy atom. The van der Waals surface area contributed by atoms with Gasteiger partial charge in [0.15, 0.2) is 5.82 Å². The first-order valence-corrected chi connectivity index (χ1v) is 8.95. The van der Waals surface area contributed by atoms with Crippen molar-refractivity contribution in [2.75, 3.05) is 7.11 Å². The van der Waals surface area contributed by atoms with Gasteiger partial charge in [0.2, 0.25) is 0 Å². The maximum absolute atomic E-state index is 11.8. The lowest BCUT2D eigenvalue weighted by Gasteiger charge is -2.11. The van der Waals surface area contributed by atoms with Gasteiger partial charge in [0, 0.05) is 19.2 Å². The molecule has 0 aliphatic heterocycles. The number of fused-ring (bicyclic) bond motifs is 1. The minimum atomic E-state index is -0.367. The van der Waals surface area contributed by atoms with E-state index in [1.54, 1.807) is 18.2 Å². The summed E-state index contributed by atoms with van der Waals surface area (Å²) in [5.74, 6) is 1.96. The molecule has 2 aromatic heterocycles. The Kier molecular flexibility index (Phi) is 4.18. The van der Waals surface area contributed by atoms with Gasteiger partial charge in [-0.15, -0.1) is 0 Å². The molecule has 0 saturated heterocycles. The van der Waals surface area contributed by atoms with Crippen molar-refractivity contribution in [2.45, 2.75) is 19.4 Å². The number of imidazole rings is 1. The topological polar surface area (TPSA) is 61.4 Å². The van der Waals surface area contributed by atoms with Gasteiger partial charge in [-0.2, -0.15) is 0 Å². The number of carbonyl (C=O) groups is 1. The summed E-state index contributed by atoms with van der Waals surface area (Å²) in [4.78, 5) is 20.9. The van der Waals surface area contributed by atoms with Gasteiger partial charge in [-0.25, -0.2) is 14.8 Å². The van der Waals surface area contributed by atoms with E-state index in [1.807, 2.05) is 17.7 Å². The Balaban J connectivity index is 1.89. The van der Waals surface area contributed by atoms with Crippen molar-refractivity contribution in [3.05, 3.63) is 42.0 Å². The zero-order chi connectivity index (χ0) is 19.1. The van der Waals surface area contributed by atoms with Gasteiger partial charge < -0.3 is 13.9 Å². The molecule has 0 amide bonds. The van der Waals surface area contributed by atoms with E-state index in [0.717, 1.165) is 40.5 Å². The van der Waals surface area contributed by atoms with E-state index >= 15 is 0 Å². The second-order valence-corrected chi connectivity index (χ2v) is 6.91. The molecule has 0 N–H and O–H groups in total. The van der Waals surface area contributed by atoms with Crippen LogP contribution in [0.25, 0.3) is 28.6 Å². The van der Waals surface area contributed by atoms with Crippen LogP contribution in [0.3, 0.4) is 0 Å². The molecule has 1 fully saturated rings. The van der Waals surface area contributed by atoms with Crippen LogP contribution in [0.5, 0.6) is 0 Å². The Morgan fingerprint density at radius 2 is 2.19 bits per heavy atom. The molecule has 27 heavy (non-hydrogen) atoms. The molecule has 1 aliphatic rings.